The van der Waals surface area contributed by atoms with Crippen LogP contribution >= 0.6 is 11.3 Å². The number of hydrogen-bond acceptors (Lipinski definition) is 11. The largest absolute Gasteiger partial charge is 0.445 e. The first kappa shape index (κ1) is 39.8. The van der Waals surface area contributed by atoms with E-state index in [1.165, 1.54) is 47.4 Å². The molecule has 8 rings (SSSR count). The third kappa shape index (κ3) is 8.71. The molecule has 2 aliphatic carbocycles. The summed E-state index contributed by atoms with van der Waals surface area (Å²) < 4.78 is 76.7. The maximum Gasteiger partial charge on any atom is 0.407 e. The number of hydrogen-bond donors (Lipinski definition) is 3. The Balaban J connectivity index is 0.971. The van der Waals surface area contributed by atoms with Crippen LogP contribution in [-0.2, 0) is 30.7 Å². The molecule has 3 aliphatic heterocycles. The third-order valence-electron chi connectivity index (χ3n) is 12.3. The molecule has 0 radical (unpaired) electrons. The number of anilines is 1. The number of carbonyl (C=O) groups excluding carboxylic acids is 1. The number of sulfonamides is 1. The number of thiazole rings is 1. The van der Waals surface area contributed by atoms with Gasteiger partial charge < -0.3 is 34.9 Å². The number of nitrogens with one attached hydrogen (secondary N) is 2. The van der Waals surface area contributed by atoms with Gasteiger partial charge in [-0.15, -0.1) is 0 Å². The fourth-order valence-corrected chi connectivity index (χ4v) is 12.3. The fourth-order valence-electron chi connectivity index (χ4n) is 9.57. The third-order valence-corrected chi connectivity index (χ3v) is 15.1. The molecule has 56 heavy (non-hydrogen) atoms. The van der Waals surface area contributed by atoms with Gasteiger partial charge in [-0.3, -0.25) is 0 Å². The van der Waals surface area contributed by atoms with E-state index in [0.29, 0.717) is 24.8 Å². The molecule has 1 amide bonds. The summed E-state index contributed by atoms with van der Waals surface area (Å²) in [4.78, 5) is 20.9. The minimum Gasteiger partial charge on any atom is -0.445 e. The Hall–Kier alpha value is -2.99. The van der Waals surface area contributed by atoms with Gasteiger partial charge in [-0.2, -0.15) is 4.31 Å². The monoisotopic (exact) mass is 817 g/mol. The van der Waals surface area contributed by atoms with Crippen molar-refractivity contribution in [3.05, 3.63) is 53.6 Å². The van der Waals surface area contributed by atoms with Crippen LogP contribution in [0.1, 0.15) is 64.4 Å². The first-order valence-electron chi connectivity index (χ1n) is 20.1. The van der Waals surface area contributed by atoms with E-state index in [9.17, 15) is 27.1 Å². The first-order chi connectivity index (χ1) is 26.9. The molecule has 3 aromatic rings. The Labute approximate surface area is 331 Å². The fraction of sp³-hybridized carbons (Fsp3) is 0.650. The van der Waals surface area contributed by atoms with Gasteiger partial charge in [0, 0.05) is 62.1 Å². The number of aliphatic hydroxyl groups is 1. The van der Waals surface area contributed by atoms with Crippen molar-refractivity contribution in [2.75, 3.05) is 44.7 Å². The Morgan fingerprint density at radius 1 is 1.04 bits per heavy atom. The zero-order chi connectivity index (χ0) is 39.1. The number of nitrogens with zero attached hydrogens (tertiary/aromatic N) is 3. The molecular weight excluding hydrogens is 765 g/mol. The number of aliphatic hydroxyl groups excluding tert-OH is 1. The number of aromatic nitrogens is 1. The predicted molar refractivity (Wildman–Crippen MR) is 208 cm³/mol. The van der Waals surface area contributed by atoms with Crippen molar-refractivity contribution in [1.82, 2.24) is 19.5 Å². The van der Waals surface area contributed by atoms with Crippen LogP contribution in [0.15, 0.2) is 41.3 Å². The van der Waals surface area contributed by atoms with Crippen molar-refractivity contribution in [3.8, 4) is 0 Å². The predicted octanol–water partition coefficient (Wildman–Crippen LogP) is 5.75. The summed E-state index contributed by atoms with van der Waals surface area (Å²) in [6.07, 6.45) is 4.89. The van der Waals surface area contributed by atoms with Gasteiger partial charge in [0.2, 0.25) is 10.0 Å². The number of rotatable bonds is 14. The smallest absolute Gasteiger partial charge is 0.407 e. The van der Waals surface area contributed by atoms with Crippen LogP contribution in [0.2, 0.25) is 0 Å². The number of carbonyl (C=O) groups is 1. The standard InChI is InChI=1S/C40H53F2N5O7S2/c1-23(2)19-47(56(50,51)30-7-8-33-36(18-30)55-39(44-33)43-28-9-11-46(12-10-28)29-5-3-4-6-29)20-35(48)34(15-24-13-26(41)17-27(42)14-24)45-40(49)54-37-25-16-31-32(37)22-53-38(31)52-21-25/h7-8,13-14,17-18,23,25,28-29,31-32,34-35,37-38,48H,3-6,9-12,15-16,19-22H2,1-2H3,(H,43,44)(H,45,49)/t25?,31?,32?,34-,35+,37?,38?/m0/s1. The van der Waals surface area contributed by atoms with E-state index in [2.05, 4.69) is 15.5 Å². The van der Waals surface area contributed by atoms with Gasteiger partial charge >= 0.3 is 6.09 Å². The Bertz CT molecular complexity index is 1950. The van der Waals surface area contributed by atoms with Gasteiger partial charge in [0.15, 0.2) is 11.4 Å². The Kier molecular flexibility index (Phi) is 11.9. The lowest BCUT2D eigenvalue weighted by atomic mass is 9.98. The molecule has 5 fully saturated rings. The maximum absolute atomic E-state index is 14.4. The van der Waals surface area contributed by atoms with Crippen molar-refractivity contribution >= 4 is 42.8 Å². The molecule has 5 aliphatic rings. The van der Waals surface area contributed by atoms with Crippen LogP contribution in [0.5, 0.6) is 0 Å². The van der Waals surface area contributed by atoms with E-state index in [-0.39, 0.29) is 53.4 Å². The average Bonchev–Trinajstić information content (AvgIpc) is 3.95. The van der Waals surface area contributed by atoms with Crippen molar-refractivity contribution in [3.63, 3.8) is 0 Å². The van der Waals surface area contributed by atoms with E-state index in [4.69, 9.17) is 19.2 Å². The van der Waals surface area contributed by atoms with Crippen LogP contribution in [0.4, 0.5) is 18.7 Å². The summed E-state index contributed by atoms with van der Waals surface area (Å²) in [5.41, 5.74) is 0.875. The van der Waals surface area contributed by atoms with Crippen molar-refractivity contribution in [2.24, 2.45) is 23.7 Å². The number of halogens is 2. The van der Waals surface area contributed by atoms with Crippen molar-refractivity contribution in [1.29, 1.82) is 0 Å². The topological polar surface area (TPSA) is 143 Å². The number of ether oxygens (including phenoxy) is 3. The number of alkyl carbamates (subject to hydrolysis) is 1. The van der Waals surface area contributed by atoms with E-state index >= 15 is 0 Å². The van der Waals surface area contributed by atoms with Gasteiger partial charge in [-0.25, -0.2) is 27.0 Å². The summed E-state index contributed by atoms with van der Waals surface area (Å²) in [6.45, 7) is 6.37. The van der Waals surface area contributed by atoms with Crippen LogP contribution in [-0.4, -0.2) is 110 Å². The second-order valence-electron chi connectivity index (χ2n) is 16.8. The molecule has 7 atom stereocenters. The summed E-state index contributed by atoms with van der Waals surface area (Å²) in [5.74, 6) is -1.62. The highest BCUT2D eigenvalue weighted by Gasteiger charge is 2.56. The molecule has 16 heteroatoms. The quantitative estimate of drug-likeness (QED) is 0.184. The van der Waals surface area contributed by atoms with Gasteiger partial charge in [-0.05, 0) is 80.3 Å². The molecule has 3 N–H and O–H groups in total. The summed E-state index contributed by atoms with van der Waals surface area (Å²) in [6, 6.07) is 7.71. The SMILES string of the molecule is CC(C)CN(C[C@@H](O)[C@H](Cc1cc(F)cc(F)c1)NC(=O)OC1C2COC3OCC1C3C2)S(=O)(=O)c1ccc2nc(NC3CCN(C4CCCC4)CC3)sc2c1. The van der Waals surface area contributed by atoms with E-state index in [1.807, 2.05) is 13.8 Å². The molecular formula is C40H53F2N5O7S2. The number of fused-ring (bicyclic) bond motifs is 2. The van der Waals surface area contributed by atoms with E-state index in [0.717, 1.165) is 66.4 Å². The molecule has 3 saturated heterocycles. The van der Waals surface area contributed by atoms with Gasteiger partial charge in [0.05, 0.1) is 40.5 Å². The highest BCUT2D eigenvalue weighted by Crippen LogP contribution is 2.49. The minimum atomic E-state index is -4.16. The lowest BCUT2D eigenvalue weighted by Gasteiger charge is -2.36. The average molecular weight is 818 g/mol. The molecule has 306 valence electrons. The molecule has 1 aromatic heterocycles. The van der Waals surface area contributed by atoms with Gasteiger partial charge in [-0.1, -0.05) is 38.0 Å². The van der Waals surface area contributed by atoms with Crippen LogP contribution in [0, 0.1) is 35.3 Å². The van der Waals surface area contributed by atoms with E-state index in [1.54, 1.807) is 12.1 Å². The van der Waals surface area contributed by atoms with Crippen LogP contribution in [0.3, 0.4) is 0 Å². The van der Waals surface area contributed by atoms with Gasteiger partial charge in [0.25, 0.3) is 0 Å². The number of benzene rings is 2. The minimum absolute atomic E-state index is 0.00509. The lowest BCUT2D eigenvalue weighted by Crippen LogP contribution is -2.52. The second kappa shape index (κ2) is 16.7. The Morgan fingerprint density at radius 3 is 2.50 bits per heavy atom. The normalized spacial score (nSPS) is 27.0. The zero-order valence-electron chi connectivity index (χ0n) is 31.9. The van der Waals surface area contributed by atoms with Crippen molar-refractivity contribution < 1.29 is 41.3 Å². The van der Waals surface area contributed by atoms with E-state index < -0.39 is 52.5 Å². The van der Waals surface area contributed by atoms with Crippen LogP contribution < -0.4 is 10.6 Å². The highest BCUT2D eigenvalue weighted by atomic mass is 32.2. The zero-order valence-corrected chi connectivity index (χ0v) is 33.6. The molecule has 4 heterocycles. The first-order valence-corrected chi connectivity index (χ1v) is 22.4. The molecule has 2 bridgehead atoms. The molecule has 2 saturated carbocycles. The lowest BCUT2D eigenvalue weighted by molar-refractivity contribution is -0.169. The number of piperidine rings is 1. The molecule has 12 nitrogen and oxygen atoms in total. The number of amides is 1. The van der Waals surface area contributed by atoms with Crippen molar-refractivity contribution in [2.45, 2.75) is 107 Å². The summed E-state index contributed by atoms with van der Waals surface area (Å²) in [5, 5.41) is 18.8. The number of likely N-dealkylation sites (tertiary alicyclic amines) is 1. The molecule has 5 unspecified atom stereocenters. The maximum atomic E-state index is 14.4. The second-order valence-corrected chi connectivity index (χ2v) is 19.8. The highest BCUT2D eigenvalue weighted by molar-refractivity contribution is 7.89. The Morgan fingerprint density at radius 2 is 1.77 bits per heavy atom. The summed E-state index contributed by atoms with van der Waals surface area (Å²) >= 11 is 1.42. The summed E-state index contributed by atoms with van der Waals surface area (Å²) in [7, 11) is -4.16. The molecule has 0 spiro atoms. The molecule has 2 aromatic carbocycles. The van der Waals surface area contributed by atoms with Gasteiger partial charge in [0.1, 0.15) is 17.7 Å². The van der Waals surface area contributed by atoms with Crippen LogP contribution in [0.25, 0.3) is 10.2 Å².